The van der Waals surface area contributed by atoms with E-state index < -0.39 is 39.6 Å². The molecule has 31 heavy (non-hydrogen) atoms. The number of halogens is 4. The summed E-state index contributed by atoms with van der Waals surface area (Å²) >= 11 is 5.68. The Labute approximate surface area is 178 Å². The van der Waals surface area contributed by atoms with Crippen LogP contribution in [0.15, 0.2) is 47.4 Å². The second kappa shape index (κ2) is 8.03. The first kappa shape index (κ1) is 22.3. The van der Waals surface area contributed by atoms with Crippen molar-refractivity contribution in [1.29, 1.82) is 0 Å². The van der Waals surface area contributed by atoms with Crippen LogP contribution in [0, 0.1) is 24.0 Å². The van der Waals surface area contributed by atoms with Crippen LogP contribution >= 0.6 is 11.6 Å². The van der Waals surface area contributed by atoms with Crippen LogP contribution in [-0.4, -0.2) is 19.8 Å². The number of aryl methyl sites for hydroxylation is 1. The Morgan fingerprint density at radius 1 is 1.16 bits per heavy atom. The first-order valence-electron chi connectivity index (χ1n) is 8.84. The normalized spacial score (nSPS) is 11.5. The molecule has 0 spiro atoms. The van der Waals surface area contributed by atoms with Crippen LogP contribution in [-0.2, 0) is 12.7 Å². The highest BCUT2D eigenvalue weighted by molar-refractivity contribution is 6.31. The van der Waals surface area contributed by atoms with Gasteiger partial charge in [-0.3, -0.25) is 19.7 Å². The van der Waals surface area contributed by atoms with Gasteiger partial charge in [-0.25, -0.2) is 0 Å². The third-order valence-corrected chi connectivity index (χ3v) is 5.07. The van der Waals surface area contributed by atoms with E-state index in [4.69, 9.17) is 11.6 Å². The lowest BCUT2D eigenvalue weighted by Gasteiger charge is -2.14. The van der Waals surface area contributed by atoms with E-state index in [9.17, 15) is 32.9 Å². The minimum atomic E-state index is -4.65. The van der Waals surface area contributed by atoms with Gasteiger partial charge in [0, 0.05) is 34.8 Å². The monoisotopic (exact) mass is 453 g/mol. The van der Waals surface area contributed by atoms with E-state index in [1.165, 1.54) is 16.7 Å². The Bertz CT molecular complexity index is 1260. The lowest BCUT2D eigenvalue weighted by atomic mass is 10.1. The minimum absolute atomic E-state index is 0.165. The first-order valence-corrected chi connectivity index (χ1v) is 9.22. The van der Waals surface area contributed by atoms with Crippen LogP contribution in [0.5, 0.6) is 0 Å². The molecule has 0 amide bonds. The molecule has 0 unspecified atom stereocenters. The van der Waals surface area contributed by atoms with Crippen LogP contribution in [0.2, 0.25) is 5.02 Å². The number of pyridine rings is 1. The molecule has 0 aliphatic rings. The smallest absolute Gasteiger partial charge is 0.318 e. The number of ketones is 1. The highest BCUT2D eigenvalue weighted by Crippen LogP contribution is 2.36. The number of rotatable bonds is 5. The van der Waals surface area contributed by atoms with E-state index in [2.05, 4.69) is 0 Å². The van der Waals surface area contributed by atoms with Crippen molar-refractivity contribution >= 4 is 23.1 Å². The highest BCUT2D eigenvalue weighted by Gasteiger charge is 2.33. The van der Waals surface area contributed by atoms with E-state index in [0.717, 1.165) is 35.0 Å². The third kappa shape index (κ3) is 4.38. The molecule has 7 nitrogen and oxygen atoms in total. The molecule has 0 atom stereocenters. The van der Waals surface area contributed by atoms with Gasteiger partial charge in [0.2, 0.25) is 0 Å². The molecule has 1 aromatic carbocycles. The number of nitro groups is 1. The number of benzene rings is 1. The molecule has 0 fully saturated rings. The Kier molecular flexibility index (Phi) is 5.77. The fourth-order valence-electron chi connectivity index (χ4n) is 3.30. The molecule has 0 bridgehead atoms. The van der Waals surface area contributed by atoms with Gasteiger partial charge in [0.1, 0.15) is 0 Å². The number of Topliss-reactive ketones (excluding diaryl/α,β-unsaturated/α-hetero) is 1. The predicted molar refractivity (Wildman–Crippen MR) is 107 cm³/mol. The van der Waals surface area contributed by atoms with Gasteiger partial charge in [0.15, 0.2) is 5.78 Å². The quantitative estimate of drug-likeness (QED) is 0.318. The van der Waals surface area contributed by atoms with Crippen molar-refractivity contribution in [2.45, 2.75) is 26.6 Å². The van der Waals surface area contributed by atoms with E-state index >= 15 is 0 Å². The second-order valence-corrected chi connectivity index (χ2v) is 7.22. The molecule has 3 aromatic rings. The summed E-state index contributed by atoms with van der Waals surface area (Å²) in [6.45, 7) is 2.71. The maximum atomic E-state index is 13.2. The summed E-state index contributed by atoms with van der Waals surface area (Å²) in [5.41, 5.74) is -0.758. The average molecular weight is 454 g/mol. The van der Waals surface area contributed by atoms with Crippen molar-refractivity contribution in [2.24, 2.45) is 0 Å². The van der Waals surface area contributed by atoms with E-state index in [1.54, 1.807) is 13.8 Å². The van der Waals surface area contributed by atoms with E-state index in [-0.39, 0.29) is 16.9 Å². The van der Waals surface area contributed by atoms with Crippen LogP contribution in [0.25, 0.3) is 5.69 Å². The molecule has 0 aliphatic heterocycles. The standard InChI is InChI=1S/C20H15ClF3N3O4/c1-11-7-15(18(28)10-25-9-14(27(30)31)4-6-19(25)29)12(2)26(11)13-3-5-17(21)16(8-13)20(22,23)24/h3-9H,10H2,1-2H3. The highest BCUT2D eigenvalue weighted by atomic mass is 35.5. The Balaban J connectivity index is 2.01. The third-order valence-electron chi connectivity index (χ3n) is 4.74. The Morgan fingerprint density at radius 2 is 1.84 bits per heavy atom. The largest absolute Gasteiger partial charge is 0.417 e. The summed E-state index contributed by atoms with van der Waals surface area (Å²) in [5, 5.41) is 10.5. The van der Waals surface area contributed by atoms with Gasteiger partial charge < -0.3 is 9.13 Å². The zero-order chi connectivity index (χ0) is 23.1. The van der Waals surface area contributed by atoms with Gasteiger partial charge in [-0.2, -0.15) is 13.2 Å². The molecule has 162 valence electrons. The summed E-state index contributed by atoms with van der Waals surface area (Å²) in [6, 6.07) is 6.93. The van der Waals surface area contributed by atoms with Crippen molar-refractivity contribution in [3.05, 3.63) is 90.6 Å². The van der Waals surface area contributed by atoms with Gasteiger partial charge in [0.05, 0.1) is 28.3 Å². The van der Waals surface area contributed by atoms with Crippen LogP contribution in [0.3, 0.4) is 0 Å². The Hall–Kier alpha value is -3.40. The fourth-order valence-corrected chi connectivity index (χ4v) is 3.53. The molecule has 0 aliphatic carbocycles. The van der Waals surface area contributed by atoms with Crippen molar-refractivity contribution in [1.82, 2.24) is 9.13 Å². The second-order valence-electron chi connectivity index (χ2n) is 6.82. The molecule has 3 rings (SSSR count). The van der Waals surface area contributed by atoms with E-state index in [0.29, 0.717) is 11.4 Å². The lowest BCUT2D eigenvalue weighted by molar-refractivity contribution is -0.385. The minimum Gasteiger partial charge on any atom is -0.318 e. The van der Waals surface area contributed by atoms with E-state index in [1.807, 2.05) is 0 Å². The van der Waals surface area contributed by atoms with Crippen molar-refractivity contribution in [2.75, 3.05) is 0 Å². The summed E-state index contributed by atoms with van der Waals surface area (Å²) < 4.78 is 42.0. The summed E-state index contributed by atoms with van der Waals surface area (Å²) in [4.78, 5) is 35.0. The number of nitrogens with zero attached hydrogens (tertiary/aromatic N) is 3. The lowest BCUT2D eigenvalue weighted by Crippen LogP contribution is -2.23. The molecular formula is C20H15ClF3N3O4. The first-order chi connectivity index (χ1) is 14.4. The van der Waals surface area contributed by atoms with Gasteiger partial charge >= 0.3 is 6.18 Å². The molecule has 2 aromatic heterocycles. The van der Waals surface area contributed by atoms with Gasteiger partial charge in [-0.1, -0.05) is 11.6 Å². The summed E-state index contributed by atoms with van der Waals surface area (Å²) in [7, 11) is 0. The molecule has 0 saturated carbocycles. The predicted octanol–water partition coefficient (Wildman–Crippen LogP) is 4.72. The molecule has 11 heteroatoms. The van der Waals surface area contributed by atoms with Crippen LogP contribution < -0.4 is 5.56 Å². The number of carbonyl (C=O) groups excluding carboxylic acids is 1. The number of hydrogen-bond acceptors (Lipinski definition) is 4. The molecule has 0 saturated heterocycles. The molecule has 2 heterocycles. The van der Waals surface area contributed by atoms with Gasteiger partial charge in [-0.05, 0) is 38.1 Å². The summed E-state index contributed by atoms with van der Waals surface area (Å²) in [6.07, 6.45) is -3.68. The molecule has 0 radical (unpaired) electrons. The fraction of sp³-hybridized carbons (Fsp3) is 0.200. The topological polar surface area (TPSA) is 87.1 Å². The average Bonchev–Trinajstić information content (AvgIpc) is 2.97. The van der Waals surface area contributed by atoms with Crippen LogP contribution in [0.1, 0.15) is 27.3 Å². The number of carbonyl (C=O) groups is 1. The number of hydrogen-bond donors (Lipinski definition) is 0. The summed E-state index contributed by atoms with van der Waals surface area (Å²) in [5.74, 6) is -0.521. The molecule has 0 N–H and O–H groups in total. The molecular weight excluding hydrogens is 439 g/mol. The van der Waals surface area contributed by atoms with Gasteiger partial charge in [-0.15, -0.1) is 0 Å². The van der Waals surface area contributed by atoms with Crippen LogP contribution in [0.4, 0.5) is 18.9 Å². The van der Waals surface area contributed by atoms with Crippen molar-refractivity contribution in [3.63, 3.8) is 0 Å². The zero-order valence-electron chi connectivity index (χ0n) is 16.2. The van der Waals surface area contributed by atoms with Gasteiger partial charge in [0.25, 0.3) is 11.2 Å². The number of aromatic nitrogens is 2. The maximum Gasteiger partial charge on any atom is 0.417 e. The van der Waals surface area contributed by atoms with Crippen molar-refractivity contribution in [3.8, 4) is 5.69 Å². The van der Waals surface area contributed by atoms with Crippen molar-refractivity contribution < 1.29 is 22.9 Å². The Morgan fingerprint density at radius 3 is 2.45 bits per heavy atom. The SMILES string of the molecule is Cc1cc(C(=O)Cn2cc([N+](=O)[O-])ccc2=O)c(C)n1-c1ccc(Cl)c(C(F)(F)F)c1. The maximum absolute atomic E-state index is 13.2. The zero-order valence-corrected chi connectivity index (χ0v) is 17.0. The number of alkyl halides is 3.